The second kappa shape index (κ2) is 9.35. The van der Waals surface area contributed by atoms with Crippen molar-refractivity contribution in [1.29, 1.82) is 0 Å². The molecule has 0 unspecified atom stereocenters. The summed E-state index contributed by atoms with van der Waals surface area (Å²) in [5, 5.41) is 8.54. The van der Waals surface area contributed by atoms with E-state index in [1.165, 1.54) is 0 Å². The van der Waals surface area contributed by atoms with E-state index in [1.807, 2.05) is 91.9 Å². The van der Waals surface area contributed by atoms with Crippen LogP contribution in [0.4, 0.5) is 11.4 Å². The van der Waals surface area contributed by atoms with Gasteiger partial charge in [-0.1, -0.05) is 48.5 Å². The lowest BCUT2D eigenvalue weighted by atomic mass is 10.0. The minimum atomic E-state index is -0.129. The lowest BCUT2D eigenvalue weighted by molar-refractivity contribution is 0.102. The first-order valence-electron chi connectivity index (χ1n) is 11.3. The highest BCUT2D eigenvalue weighted by atomic mass is 16.5. The van der Waals surface area contributed by atoms with E-state index in [-0.39, 0.29) is 5.91 Å². The first-order chi connectivity index (χ1) is 16.2. The lowest BCUT2D eigenvalue weighted by Crippen LogP contribution is -2.43. The largest absolute Gasteiger partial charge is 0.457 e. The molecule has 1 heterocycles. The van der Waals surface area contributed by atoms with Gasteiger partial charge >= 0.3 is 0 Å². The van der Waals surface area contributed by atoms with Crippen molar-refractivity contribution in [1.82, 2.24) is 5.32 Å². The maximum Gasteiger partial charge on any atom is 0.256 e. The topological polar surface area (TPSA) is 53.6 Å². The van der Waals surface area contributed by atoms with Gasteiger partial charge in [0.15, 0.2) is 0 Å². The van der Waals surface area contributed by atoms with Gasteiger partial charge in [-0.15, -0.1) is 0 Å². The molecule has 5 rings (SSSR count). The van der Waals surface area contributed by atoms with Crippen LogP contribution >= 0.6 is 0 Å². The molecule has 1 aliphatic rings. The zero-order valence-corrected chi connectivity index (χ0v) is 18.7. The Morgan fingerprint density at radius 2 is 1.64 bits per heavy atom. The molecule has 1 aliphatic heterocycles. The van der Waals surface area contributed by atoms with Gasteiger partial charge in [0.1, 0.15) is 11.5 Å². The first kappa shape index (κ1) is 21.0. The molecule has 0 aliphatic carbocycles. The van der Waals surface area contributed by atoms with E-state index in [0.29, 0.717) is 11.3 Å². The van der Waals surface area contributed by atoms with Crippen LogP contribution in [-0.4, -0.2) is 32.1 Å². The van der Waals surface area contributed by atoms with Crippen LogP contribution < -0.4 is 20.3 Å². The van der Waals surface area contributed by atoms with Crippen LogP contribution in [0.15, 0.2) is 84.9 Å². The molecular formula is C28H27N3O2. The normalized spacial score (nSPS) is 13.7. The van der Waals surface area contributed by atoms with Crippen molar-refractivity contribution < 1.29 is 9.53 Å². The maximum absolute atomic E-state index is 13.4. The first-order valence-corrected chi connectivity index (χ1v) is 11.3. The lowest BCUT2D eigenvalue weighted by Gasteiger charge is -2.31. The average molecular weight is 438 g/mol. The highest BCUT2D eigenvalue weighted by molar-refractivity contribution is 6.13. The van der Waals surface area contributed by atoms with Crippen LogP contribution in [0.1, 0.15) is 15.9 Å². The Bertz CT molecular complexity index is 1290. The van der Waals surface area contributed by atoms with E-state index in [4.69, 9.17) is 4.74 Å². The molecule has 0 aromatic heterocycles. The number of amides is 1. The van der Waals surface area contributed by atoms with Crippen molar-refractivity contribution in [2.45, 2.75) is 6.92 Å². The van der Waals surface area contributed by atoms with Gasteiger partial charge in [0.2, 0.25) is 0 Å². The standard InChI is InChI=1S/C28H27N3O2/c1-20-6-4-9-22(18-20)33-23-12-13-27(31-16-14-29-15-17-31)26(19-23)30-28(32)25-11-5-8-21-7-2-3-10-24(21)25/h2-13,18-19,29H,14-17H2,1H3,(H,30,32). The number of anilines is 2. The molecule has 0 spiro atoms. The van der Waals surface area contributed by atoms with E-state index < -0.39 is 0 Å². The van der Waals surface area contributed by atoms with Gasteiger partial charge in [-0.05, 0) is 53.6 Å². The molecule has 0 bridgehead atoms. The van der Waals surface area contributed by atoms with Crippen LogP contribution in [0.5, 0.6) is 11.5 Å². The summed E-state index contributed by atoms with van der Waals surface area (Å²) in [6.45, 7) is 5.64. The Labute approximate surface area is 194 Å². The zero-order chi connectivity index (χ0) is 22.6. The predicted octanol–water partition coefficient (Wildman–Crippen LogP) is 5.60. The monoisotopic (exact) mass is 437 g/mol. The Kier molecular flexibility index (Phi) is 5.96. The van der Waals surface area contributed by atoms with Crippen LogP contribution in [0, 0.1) is 6.92 Å². The SMILES string of the molecule is Cc1cccc(Oc2ccc(N3CCNCC3)c(NC(=O)c3cccc4ccccc34)c2)c1. The molecule has 2 N–H and O–H groups in total. The molecule has 5 heteroatoms. The number of nitrogens with zero attached hydrogens (tertiary/aromatic N) is 1. The number of benzene rings is 4. The minimum Gasteiger partial charge on any atom is -0.457 e. The number of carbonyl (C=O) groups is 1. The fraction of sp³-hybridized carbons (Fsp3) is 0.179. The third-order valence-corrected chi connectivity index (χ3v) is 5.93. The Balaban J connectivity index is 1.49. The number of aryl methyl sites for hydroxylation is 1. The van der Waals surface area contributed by atoms with E-state index in [1.54, 1.807) is 0 Å². The molecule has 0 radical (unpaired) electrons. The van der Waals surface area contributed by atoms with Crippen LogP contribution in [0.25, 0.3) is 10.8 Å². The molecule has 1 saturated heterocycles. The Morgan fingerprint density at radius 1 is 0.879 bits per heavy atom. The minimum absolute atomic E-state index is 0.129. The summed E-state index contributed by atoms with van der Waals surface area (Å²) in [5.41, 5.74) is 3.54. The summed E-state index contributed by atoms with van der Waals surface area (Å²) in [6.07, 6.45) is 0. The number of hydrogen-bond donors (Lipinski definition) is 2. The molecule has 0 atom stereocenters. The summed E-state index contributed by atoms with van der Waals surface area (Å²) in [5.74, 6) is 1.33. The van der Waals surface area contributed by atoms with E-state index in [9.17, 15) is 4.79 Å². The third kappa shape index (κ3) is 4.69. The van der Waals surface area contributed by atoms with E-state index in [2.05, 4.69) is 15.5 Å². The molecule has 4 aromatic rings. The fourth-order valence-electron chi connectivity index (χ4n) is 4.29. The van der Waals surface area contributed by atoms with Crippen molar-refractivity contribution in [3.05, 3.63) is 96.1 Å². The van der Waals surface area contributed by atoms with Crippen LogP contribution in [0.2, 0.25) is 0 Å². The summed E-state index contributed by atoms with van der Waals surface area (Å²) in [6, 6.07) is 27.6. The predicted molar refractivity (Wildman–Crippen MR) is 135 cm³/mol. The van der Waals surface area contributed by atoms with Crippen molar-refractivity contribution in [3.8, 4) is 11.5 Å². The third-order valence-electron chi connectivity index (χ3n) is 5.93. The molecule has 0 saturated carbocycles. The van der Waals surface area contributed by atoms with Gasteiger partial charge in [0.25, 0.3) is 5.91 Å². The number of fused-ring (bicyclic) bond motifs is 1. The van der Waals surface area contributed by atoms with E-state index in [0.717, 1.165) is 59.6 Å². The van der Waals surface area contributed by atoms with Crippen molar-refractivity contribution in [3.63, 3.8) is 0 Å². The molecule has 166 valence electrons. The Morgan fingerprint density at radius 3 is 2.48 bits per heavy atom. The number of ether oxygens (including phenoxy) is 1. The molecule has 1 fully saturated rings. The molecular weight excluding hydrogens is 410 g/mol. The fourth-order valence-corrected chi connectivity index (χ4v) is 4.29. The maximum atomic E-state index is 13.4. The number of piperazine rings is 1. The highest BCUT2D eigenvalue weighted by Crippen LogP contribution is 2.34. The second-order valence-electron chi connectivity index (χ2n) is 8.32. The highest BCUT2D eigenvalue weighted by Gasteiger charge is 2.18. The van der Waals surface area contributed by atoms with Gasteiger partial charge < -0.3 is 20.3 Å². The number of carbonyl (C=O) groups excluding carboxylic acids is 1. The van der Waals surface area contributed by atoms with Crippen molar-refractivity contribution in [2.75, 3.05) is 36.4 Å². The molecule has 5 nitrogen and oxygen atoms in total. The molecule has 1 amide bonds. The summed E-state index contributed by atoms with van der Waals surface area (Å²) in [4.78, 5) is 15.7. The van der Waals surface area contributed by atoms with Gasteiger partial charge in [0.05, 0.1) is 11.4 Å². The van der Waals surface area contributed by atoms with Gasteiger partial charge in [-0.25, -0.2) is 0 Å². The van der Waals surface area contributed by atoms with Gasteiger partial charge in [-0.2, -0.15) is 0 Å². The number of nitrogens with one attached hydrogen (secondary N) is 2. The second-order valence-corrected chi connectivity index (χ2v) is 8.32. The van der Waals surface area contributed by atoms with E-state index >= 15 is 0 Å². The quantitative estimate of drug-likeness (QED) is 0.427. The van der Waals surface area contributed by atoms with Crippen LogP contribution in [0.3, 0.4) is 0 Å². The summed E-state index contributed by atoms with van der Waals surface area (Å²) >= 11 is 0. The van der Waals surface area contributed by atoms with Crippen LogP contribution in [-0.2, 0) is 0 Å². The Hall–Kier alpha value is -3.83. The molecule has 33 heavy (non-hydrogen) atoms. The average Bonchev–Trinajstić information content (AvgIpc) is 2.84. The number of hydrogen-bond acceptors (Lipinski definition) is 4. The zero-order valence-electron chi connectivity index (χ0n) is 18.7. The summed E-state index contributed by atoms with van der Waals surface area (Å²) < 4.78 is 6.12. The summed E-state index contributed by atoms with van der Waals surface area (Å²) in [7, 11) is 0. The van der Waals surface area contributed by atoms with Crippen molar-refractivity contribution in [2.24, 2.45) is 0 Å². The van der Waals surface area contributed by atoms with Crippen molar-refractivity contribution >= 4 is 28.1 Å². The van der Waals surface area contributed by atoms with Gasteiger partial charge in [-0.3, -0.25) is 4.79 Å². The molecule has 4 aromatic carbocycles. The van der Waals surface area contributed by atoms with Gasteiger partial charge in [0, 0.05) is 37.8 Å². The number of rotatable bonds is 5. The smallest absolute Gasteiger partial charge is 0.256 e.